The maximum atomic E-state index is 12.6. The van der Waals surface area contributed by atoms with Crippen LogP contribution >= 0.6 is 0 Å². The Bertz CT molecular complexity index is 953. The van der Waals surface area contributed by atoms with E-state index in [4.69, 9.17) is 9.15 Å². The van der Waals surface area contributed by atoms with Crippen molar-refractivity contribution in [1.29, 1.82) is 0 Å². The second kappa shape index (κ2) is 7.02. The van der Waals surface area contributed by atoms with Gasteiger partial charge in [0.15, 0.2) is 11.3 Å². The van der Waals surface area contributed by atoms with Crippen LogP contribution in [0.2, 0.25) is 0 Å². The van der Waals surface area contributed by atoms with Crippen LogP contribution in [0.3, 0.4) is 0 Å². The van der Waals surface area contributed by atoms with Gasteiger partial charge < -0.3 is 14.5 Å². The maximum absolute atomic E-state index is 12.6. The van der Waals surface area contributed by atoms with Crippen LogP contribution in [-0.2, 0) is 0 Å². The summed E-state index contributed by atoms with van der Waals surface area (Å²) in [4.78, 5) is 35.5. The van der Waals surface area contributed by atoms with E-state index in [0.29, 0.717) is 6.42 Å². The van der Waals surface area contributed by atoms with Crippen molar-refractivity contribution < 1.29 is 18.9 Å². The molecule has 8 nitrogen and oxygen atoms in total. The predicted octanol–water partition coefficient (Wildman–Crippen LogP) is 3.65. The van der Waals surface area contributed by atoms with E-state index >= 15 is 0 Å². The van der Waals surface area contributed by atoms with Gasteiger partial charge in [-0.3, -0.25) is 14.9 Å². The lowest BCUT2D eigenvalue weighted by Gasteiger charge is -2.33. The molecule has 0 fully saturated rings. The first-order chi connectivity index (χ1) is 12.3. The zero-order valence-electron chi connectivity index (χ0n) is 16.3. The fraction of sp³-hybridized carbons (Fsp3) is 0.474. The smallest absolute Gasteiger partial charge is 0.349 e. The normalized spacial score (nSPS) is 12.1. The molecule has 1 N–H and O–H groups in total. The van der Waals surface area contributed by atoms with Crippen LogP contribution < -0.4 is 15.7 Å². The fourth-order valence-corrected chi connectivity index (χ4v) is 3.35. The molecule has 0 aliphatic rings. The van der Waals surface area contributed by atoms with E-state index in [-0.39, 0.29) is 33.4 Å². The predicted molar refractivity (Wildman–Crippen MR) is 101 cm³/mol. The molecule has 0 unspecified atom stereocenters. The highest BCUT2D eigenvalue weighted by molar-refractivity contribution is 5.98. The largest absolute Gasteiger partial charge is 0.493 e. The number of nitrogens with zero attached hydrogens (tertiary/aromatic N) is 1. The molecular weight excluding hydrogens is 352 g/mol. The Morgan fingerprint density at radius 2 is 1.85 bits per heavy atom. The highest BCUT2D eigenvalue weighted by Gasteiger charge is 2.29. The van der Waals surface area contributed by atoms with E-state index < -0.39 is 22.0 Å². The Labute approximate surface area is 156 Å². The van der Waals surface area contributed by atoms with Crippen molar-refractivity contribution in [1.82, 2.24) is 5.32 Å². The highest BCUT2D eigenvalue weighted by atomic mass is 16.6. The van der Waals surface area contributed by atoms with E-state index in [9.17, 15) is 19.7 Å². The van der Waals surface area contributed by atoms with Crippen molar-refractivity contribution in [2.75, 3.05) is 7.11 Å². The summed E-state index contributed by atoms with van der Waals surface area (Å²) in [6.45, 7) is 9.89. The van der Waals surface area contributed by atoms with Gasteiger partial charge in [-0.15, -0.1) is 0 Å². The number of amides is 1. The average Bonchev–Trinajstić information content (AvgIpc) is 2.50. The molecule has 0 aliphatic heterocycles. The van der Waals surface area contributed by atoms with E-state index in [1.807, 2.05) is 13.8 Å². The lowest BCUT2D eigenvalue weighted by molar-refractivity contribution is -0.384. The number of non-ortho nitro benzene ring substituents is 1. The minimum atomic E-state index is -0.835. The zero-order chi connectivity index (χ0) is 20.6. The SMILES string of the molecule is COc1cc([N+](=O)[O-])cc2cc(C(=O)NC(C)(C)CC(C)(C)C)c(=O)oc12. The zero-order valence-corrected chi connectivity index (χ0v) is 16.3. The highest BCUT2D eigenvalue weighted by Crippen LogP contribution is 2.31. The molecule has 1 aromatic heterocycles. The molecule has 0 saturated carbocycles. The van der Waals surface area contributed by atoms with Gasteiger partial charge in [0.25, 0.3) is 11.6 Å². The van der Waals surface area contributed by atoms with Gasteiger partial charge in [0.1, 0.15) is 5.56 Å². The second-order valence-electron chi connectivity index (χ2n) is 8.35. The van der Waals surface area contributed by atoms with Gasteiger partial charge in [-0.2, -0.15) is 0 Å². The Kier molecular flexibility index (Phi) is 5.30. The molecule has 146 valence electrons. The van der Waals surface area contributed by atoms with Crippen molar-refractivity contribution in [3.8, 4) is 5.75 Å². The molecule has 0 spiro atoms. The minimum absolute atomic E-state index is 0.0290. The third-order valence-corrected chi connectivity index (χ3v) is 3.88. The standard InChI is InChI=1S/C19H24N2O6/c1-18(2,3)10-19(4,5)20-16(22)13-8-11-7-12(21(24)25)9-14(26-6)15(11)27-17(13)23/h7-9H,10H2,1-6H3,(H,20,22). The molecule has 1 heterocycles. The Balaban J connectivity index is 2.50. The summed E-state index contributed by atoms with van der Waals surface area (Å²) >= 11 is 0. The van der Waals surface area contributed by atoms with Gasteiger partial charge in [-0.05, 0) is 31.7 Å². The second-order valence-corrected chi connectivity index (χ2v) is 8.35. The number of nitro benzene ring substituents is 1. The summed E-state index contributed by atoms with van der Waals surface area (Å²) in [6.07, 6.45) is 0.684. The maximum Gasteiger partial charge on any atom is 0.349 e. The quantitative estimate of drug-likeness (QED) is 0.484. The van der Waals surface area contributed by atoms with E-state index in [1.54, 1.807) is 0 Å². The fourth-order valence-electron chi connectivity index (χ4n) is 3.35. The van der Waals surface area contributed by atoms with Crippen molar-refractivity contribution in [3.05, 3.63) is 44.3 Å². The molecule has 1 amide bonds. The number of benzene rings is 1. The molecule has 0 saturated heterocycles. The number of carbonyl (C=O) groups excluding carboxylic acids is 1. The van der Waals surface area contributed by atoms with Crippen LogP contribution in [-0.4, -0.2) is 23.5 Å². The number of methoxy groups -OCH3 is 1. The molecule has 0 radical (unpaired) electrons. The first-order valence-corrected chi connectivity index (χ1v) is 8.46. The van der Waals surface area contributed by atoms with Gasteiger partial charge in [0.2, 0.25) is 0 Å². The summed E-state index contributed by atoms with van der Waals surface area (Å²) in [6, 6.07) is 3.69. The van der Waals surface area contributed by atoms with Gasteiger partial charge in [0, 0.05) is 17.0 Å². The Morgan fingerprint density at radius 3 is 2.37 bits per heavy atom. The number of ether oxygens (including phenoxy) is 1. The summed E-state index contributed by atoms with van der Waals surface area (Å²) in [7, 11) is 1.31. The van der Waals surface area contributed by atoms with Gasteiger partial charge >= 0.3 is 5.63 Å². The molecule has 2 aromatic rings. The lowest BCUT2D eigenvalue weighted by Crippen LogP contribution is -2.46. The van der Waals surface area contributed by atoms with Gasteiger partial charge in [-0.25, -0.2) is 4.79 Å². The number of carbonyl (C=O) groups is 1. The topological polar surface area (TPSA) is 112 Å². The lowest BCUT2D eigenvalue weighted by atomic mass is 9.81. The van der Waals surface area contributed by atoms with Crippen molar-refractivity contribution in [2.24, 2.45) is 5.41 Å². The van der Waals surface area contributed by atoms with Crippen molar-refractivity contribution in [3.63, 3.8) is 0 Å². The van der Waals surface area contributed by atoms with Crippen LogP contribution in [0, 0.1) is 15.5 Å². The summed E-state index contributed by atoms with van der Waals surface area (Å²) in [5.41, 5.74) is -1.81. The van der Waals surface area contributed by atoms with E-state index in [1.165, 1.54) is 19.2 Å². The molecule has 1 aromatic carbocycles. The van der Waals surface area contributed by atoms with Crippen molar-refractivity contribution >= 4 is 22.6 Å². The first kappa shape index (κ1) is 20.4. The Morgan fingerprint density at radius 1 is 1.22 bits per heavy atom. The molecular formula is C19H24N2O6. The number of nitrogens with one attached hydrogen (secondary N) is 1. The summed E-state index contributed by atoms with van der Waals surface area (Å²) < 4.78 is 10.3. The first-order valence-electron chi connectivity index (χ1n) is 8.46. The van der Waals surface area contributed by atoms with Crippen LogP contribution in [0.15, 0.2) is 27.4 Å². The van der Waals surface area contributed by atoms with E-state index in [0.717, 1.165) is 6.07 Å². The van der Waals surface area contributed by atoms with Gasteiger partial charge in [-0.1, -0.05) is 20.8 Å². The summed E-state index contributed by atoms with van der Waals surface area (Å²) in [5.74, 6) is -0.540. The molecule has 8 heteroatoms. The van der Waals surface area contributed by atoms with E-state index in [2.05, 4.69) is 26.1 Å². The third kappa shape index (κ3) is 4.84. The summed E-state index contributed by atoms with van der Waals surface area (Å²) in [5, 5.41) is 14.2. The number of fused-ring (bicyclic) bond motifs is 1. The molecule has 0 atom stereocenters. The average molecular weight is 376 g/mol. The van der Waals surface area contributed by atoms with Gasteiger partial charge in [0.05, 0.1) is 18.1 Å². The number of rotatable bonds is 5. The monoisotopic (exact) mass is 376 g/mol. The number of nitro groups is 1. The number of hydrogen-bond acceptors (Lipinski definition) is 6. The van der Waals surface area contributed by atoms with Crippen LogP contribution in [0.5, 0.6) is 5.75 Å². The van der Waals surface area contributed by atoms with Crippen LogP contribution in [0.25, 0.3) is 11.0 Å². The molecule has 2 rings (SSSR count). The van der Waals surface area contributed by atoms with Crippen molar-refractivity contribution in [2.45, 2.75) is 46.6 Å². The van der Waals surface area contributed by atoms with Crippen LogP contribution in [0.1, 0.15) is 51.4 Å². The van der Waals surface area contributed by atoms with Crippen LogP contribution in [0.4, 0.5) is 5.69 Å². The molecule has 0 bridgehead atoms. The Hall–Kier alpha value is -2.90. The number of hydrogen-bond donors (Lipinski definition) is 1. The third-order valence-electron chi connectivity index (χ3n) is 3.88. The molecule has 27 heavy (non-hydrogen) atoms. The molecule has 0 aliphatic carbocycles. The minimum Gasteiger partial charge on any atom is -0.493 e.